The molecular formula is C20H27N3O2. The quantitative estimate of drug-likeness (QED) is 0.775. The maximum atomic E-state index is 12.5. The van der Waals surface area contributed by atoms with Gasteiger partial charge in [0.2, 0.25) is 0 Å². The number of pyridine rings is 1. The minimum atomic E-state index is -0.171. The highest BCUT2D eigenvalue weighted by Crippen LogP contribution is 2.19. The SMILES string of the molecule is CCCCN(C)c1cncc(C(=O)Nc2ccc(OC(C)C)cc2)c1. The van der Waals surface area contributed by atoms with Crippen molar-refractivity contribution in [3.63, 3.8) is 0 Å². The van der Waals surface area contributed by atoms with Gasteiger partial charge in [-0.25, -0.2) is 0 Å². The lowest BCUT2D eigenvalue weighted by Gasteiger charge is -2.19. The Morgan fingerprint density at radius 1 is 1.24 bits per heavy atom. The number of nitrogens with one attached hydrogen (secondary N) is 1. The highest BCUT2D eigenvalue weighted by atomic mass is 16.5. The predicted molar refractivity (Wildman–Crippen MR) is 103 cm³/mol. The molecule has 0 aliphatic rings. The molecule has 5 nitrogen and oxygen atoms in total. The van der Waals surface area contributed by atoms with Crippen LogP contribution in [0.1, 0.15) is 44.0 Å². The Kier molecular flexibility index (Phi) is 6.81. The summed E-state index contributed by atoms with van der Waals surface area (Å²) in [4.78, 5) is 18.8. The van der Waals surface area contributed by atoms with Crippen LogP contribution in [0.15, 0.2) is 42.7 Å². The lowest BCUT2D eigenvalue weighted by Crippen LogP contribution is -2.19. The van der Waals surface area contributed by atoms with E-state index in [0.717, 1.165) is 36.5 Å². The van der Waals surface area contributed by atoms with Crippen molar-refractivity contribution < 1.29 is 9.53 Å². The minimum Gasteiger partial charge on any atom is -0.491 e. The molecule has 1 heterocycles. The van der Waals surface area contributed by atoms with Crippen molar-refractivity contribution in [2.24, 2.45) is 0 Å². The number of hydrogen-bond acceptors (Lipinski definition) is 4. The molecule has 2 rings (SSSR count). The zero-order chi connectivity index (χ0) is 18.2. The third kappa shape index (κ3) is 5.78. The van der Waals surface area contributed by atoms with Crippen LogP contribution < -0.4 is 15.0 Å². The number of rotatable bonds is 8. The Morgan fingerprint density at radius 2 is 1.96 bits per heavy atom. The van der Waals surface area contributed by atoms with Crippen LogP contribution in [0.25, 0.3) is 0 Å². The molecule has 0 fully saturated rings. The van der Waals surface area contributed by atoms with Crippen LogP contribution in [-0.4, -0.2) is 30.6 Å². The normalized spacial score (nSPS) is 10.6. The van der Waals surface area contributed by atoms with Crippen molar-refractivity contribution in [2.45, 2.75) is 39.7 Å². The molecule has 1 aromatic heterocycles. The fraction of sp³-hybridized carbons (Fsp3) is 0.400. The highest BCUT2D eigenvalue weighted by molar-refractivity contribution is 6.04. The average Bonchev–Trinajstić information content (AvgIpc) is 2.61. The van der Waals surface area contributed by atoms with Gasteiger partial charge in [-0.15, -0.1) is 0 Å². The lowest BCUT2D eigenvalue weighted by molar-refractivity contribution is 0.102. The maximum absolute atomic E-state index is 12.5. The summed E-state index contributed by atoms with van der Waals surface area (Å²) >= 11 is 0. The Hall–Kier alpha value is -2.56. The second-order valence-corrected chi connectivity index (χ2v) is 6.35. The van der Waals surface area contributed by atoms with Gasteiger partial charge in [-0.2, -0.15) is 0 Å². The fourth-order valence-corrected chi connectivity index (χ4v) is 2.38. The molecule has 0 saturated heterocycles. The molecule has 25 heavy (non-hydrogen) atoms. The minimum absolute atomic E-state index is 0.124. The van der Waals surface area contributed by atoms with Gasteiger partial charge in [0, 0.05) is 25.5 Å². The average molecular weight is 341 g/mol. The maximum Gasteiger partial charge on any atom is 0.257 e. The van der Waals surface area contributed by atoms with E-state index in [1.165, 1.54) is 0 Å². The molecule has 0 saturated carbocycles. The van der Waals surface area contributed by atoms with Crippen molar-refractivity contribution in [1.29, 1.82) is 0 Å². The summed E-state index contributed by atoms with van der Waals surface area (Å²) in [6.07, 6.45) is 5.73. The summed E-state index contributed by atoms with van der Waals surface area (Å²) in [5.41, 5.74) is 2.22. The van der Waals surface area contributed by atoms with Crippen molar-refractivity contribution in [2.75, 3.05) is 23.8 Å². The molecule has 2 aromatic rings. The first-order chi connectivity index (χ1) is 12.0. The van der Waals surface area contributed by atoms with E-state index in [0.29, 0.717) is 5.56 Å². The van der Waals surface area contributed by atoms with E-state index < -0.39 is 0 Å². The van der Waals surface area contributed by atoms with Crippen LogP contribution in [0, 0.1) is 0 Å². The van der Waals surface area contributed by atoms with Crippen molar-refractivity contribution >= 4 is 17.3 Å². The van der Waals surface area contributed by atoms with Gasteiger partial charge in [0.1, 0.15) is 5.75 Å². The van der Waals surface area contributed by atoms with Crippen LogP contribution in [-0.2, 0) is 0 Å². The fourth-order valence-electron chi connectivity index (χ4n) is 2.38. The number of carbonyl (C=O) groups is 1. The zero-order valence-corrected chi connectivity index (χ0v) is 15.5. The molecule has 0 bridgehead atoms. The number of anilines is 2. The summed E-state index contributed by atoms with van der Waals surface area (Å²) in [5, 5.41) is 2.90. The van der Waals surface area contributed by atoms with Gasteiger partial charge in [-0.1, -0.05) is 13.3 Å². The third-order valence-corrected chi connectivity index (χ3v) is 3.76. The molecule has 0 aliphatic heterocycles. The van der Waals surface area contributed by atoms with Gasteiger partial charge in [-0.05, 0) is 50.6 Å². The van der Waals surface area contributed by atoms with Gasteiger partial charge >= 0.3 is 0 Å². The summed E-state index contributed by atoms with van der Waals surface area (Å²) in [6.45, 7) is 7.06. The first-order valence-electron chi connectivity index (χ1n) is 8.74. The summed E-state index contributed by atoms with van der Waals surface area (Å²) in [6, 6.07) is 9.24. The monoisotopic (exact) mass is 341 g/mol. The van der Waals surface area contributed by atoms with E-state index in [4.69, 9.17) is 4.74 Å². The van der Waals surface area contributed by atoms with E-state index in [9.17, 15) is 4.79 Å². The van der Waals surface area contributed by atoms with E-state index in [-0.39, 0.29) is 12.0 Å². The van der Waals surface area contributed by atoms with Crippen molar-refractivity contribution in [1.82, 2.24) is 4.98 Å². The molecule has 0 unspecified atom stereocenters. The Labute approximate surface area is 150 Å². The van der Waals surface area contributed by atoms with E-state index in [1.54, 1.807) is 12.4 Å². The summed E-state index contributed by atoms with van der Waals surface area (Å²) in [5.74, 6) is 0.616. The van der Waals surface area contributed by atoms with Gasteiger partial charge in [0.05, 0.1) is 23.6 Å². The lowest BCUT2D eigenvalue weighted by atomic mass is 10.2. The van der Waals surface area contributed by atoms with E-state index in [1.807, 2.05) is 51.2 Å². The Bertz CT molecular complexity index is 684. The van der Waals surface area contributed by atoms with E-state index in [2.05, 4.69) is 22.1 Å². The number of ether oxygens (including phenoxy) is 1. The van der Waals surface area contributed by atoms with Crippen molar-refractivity contribution in [3.05, 3.63) is 48.3 Å². The summed E-state index contributed by atoms with van der Waals surface area (Å²) in [7, 11) is 2.02. The van der Waals surface area contributed by atoms with E-state index >= 15 is 0 Å². The molecule has 1 N–H and O–H groups in total. The van der Waals surface area contributed by atoms with Crippen LogP contribution in [0.2, 0.25) is 0 Å². The number of nitrogens with zero attached hydrogens (tertiary/aromatic N) is 2. The van der Waals surface area contributed by atoms with Gasteiger partial charge in [-0.3, -0.25) is 9.78 Å². The van der Waals surface area contributed by atoms with Gasteiger partial charge < -0.3 is 15.0 Å². The molecule has 1 aromatic carbocycles. The van der Waals surface area contributed by atoms with Crippen LogP contribution in [0.5, 0.6) is 5.75 Å². The first-order valence-corrected chi connectivity index (χ1v) is 8.74. The van der Waals surface area contributed by atoms with Crippen LogP contribution in [0.4, 0.5) is 11.4 Å². The third-order valence-electron chi connectivity index (χ3n) is 3.76. The zero-order valence-electron chi connectivity index (χ0n) is 15.5. The Morgan fingerprint density at radius 3 is 2.60 bits per heavy atom. The smallest absolute Gasteiger partial charge is 0.257 e. The highest BCUT2D eigenvalue weighted by Gasteiger charge is 2.10. The Balaban J connectivity index is 2.03. The molecule has 0 atom stereocenters. The topological polar surface area (TPSA) is 54.5 Å². The molecule has 0 radical (unpaired) electrons. The standard InChI is InChI=1S/C20H27N3O2/c1-5-6-11-23(4)18-12-16(13-21-14-18)20(24)22-17-7-9-19(10-8-17)25-15(2)3/h7-10,12-15H,5-6,11H2,1-4H3,(H,22,24). The molecule has 1 amide bonds. The first kappa shape index (κ1) is 18.8. The van der Waals surface area contributed by atoms with Crippen LogP contribution in [0.3, 0.4) is 0 Å². The number of aromatic nitrogens is 1. The number of amides is 1. The van der Waals surface area contributed by atoms with Crippen LogP contribution >= 0.6 is 0 Å². The largest absolute Gasteiger partial charge is 0.491 e. The molecule has 5 heteroatoms. The molecule has 0 aliphatic carbocycles. The number of benzene rings is 1. The number of unbranched alkanes of at least 4 members (excludes halogenated alkanes) is 1. The molecule has 134 valence electrons. The summed E-state index contributed by atoms with van der Waals surface area (Å²) < 4.78 is 5.60. The molecule has 0 spiro atoms. The second kappa shape index (κ2) is 9.06. The van der Waals surface area contributed by atoms with Crippen molar-refractivity contribution in [3.8, 4) is 5.75 Å². The molecular weight excluding hydrogens is 314 g/mol. The van der Waals surface area contributed by atoms with Gasteiger partial charge in [0.25, 0.3) is 5.91 Å². The number of carbonyl (C=O) groups excluding carboxylic acids is 1. The van der Waals surface area contributed by atoms with Gasteiger partial charge in [0.15, 0.2) is 0 Å². The second-order valence-electron chi connectivity index (χ2n) is 6.35. The predicted octanol–water partition coefficient (Wildman–Crippen LogP) is 4.36. The number of hydrogen-bond donors (Lipinski definition) is 1.